The van der Waals surface area contributed by atoms with Crippen molar-refractivity contribution in [3.05, 3.63) is 94.1 Å². The average Bonchev–Trinajstić information content (AvgIpc) is 3.13. The Bertz CT molecular complexity index is 1190. The molecular weight excluding hydrogens is 427 g/mol. The molecule has 3 aromatic rings. The second-order valence-electron chi connectivity index (χ2n) is 7.14. The monoisotopic (exact) mass is 448 g/mol. The highest BCUT2D eigenvalue weighted by Gasteiger charge is 2.24. The van der Waals surface area contributed by atoms with Gasteiger partial charge in [0, 0.05) is 0 Å². The first-order chi connectivity index (χ1) is 15.5. The van der Waals surface area contributed by atoms with Gasteiger partial charge in [-0.2, -0.15) is 0 Å². The van der Waals surface area contributed by atoms with Gasteiger partial charge in [-0.1, -0.05) is 30.3 Å². The molecule has 1 aliphatic rings. The number of nitrogens with one attached hydrogen (secondary N) is 1. The number of amides is 1. The minimum absolute atomic E-state index is 0.197. The fourth-order valence-corrected chi connectivity index (χ4v) is 3.87. The lowest BCUT2D eigenvalue weighted by atomic mass is 10.2. The zero-order chi connectivity index (χ0) is 22.5. The van der Waals surface area contributed by atoms with Crippen LogP contribution in [0.15, 0.2) is 76.6 Å². The first-order valence-electron chi connectivity index (χ1n) is 9.92. The maximum absolute atomic E-state index is 13.0. The molecule has 1 aliphatic heterocycles. The lowest BCUT2D eigenvalue weighted by molar-refractivity contribution is -0.115. The van der Waals surface area contributed by atoms with Crippen LogP contribution >= 0.6 is 11.8 Å². The molecule has 3 aromatic carbocycles. The van der Waals surface area contributed by atoms with Crippen molar-refractivity contribution in [3.63, 3.8) is 0 Å². The third-order valence-electron chi connectivity index (χ3n) is 4.70. The van der Waals surface area contributed by atoms with Gasteiger partial charge in [0.1, 0.15) is 29.6 Å². The van der Waals surface area contributed by atoms with Gasteiger partial charge in [0.05, 0.1) is 12.0 Å². The molecule has 0 unspecified atom stereocenters. The highest BCUT2D eigenvalue weighted by molar-refractivity contribution is 8.18. The third kappa shape index (κ3) is 5.36. The van der Waals surface area contributed by atoms with Gasteiger partial charge in [-0.25, -0.2) is 9.38 Å². The number of rotatable bonds is 6. The van der Waals surface area contributed by atoms with Gasteiger partial charge in [0.2, 0.25) is 0 Å². The normalized spacial score (nSPS) is 15.8. The van der Waals surface area contributed by atoms with Crippen molar-refractivity contribution < 1.29 is 18.7 Å². The van der Waals surface area contributed by atoms with Gasteiger partial charge in [-0.15, -0.1) is 0 Å². The van der Waals surface area contributed by atoms with Gasteiger partial charge in [0.25, 0.3) is 5.91 Å². The molecule has 0 spiro atoms. The van der Waals surface area contributed by atoms with Crippen LogP contribution in [0.25, 0.3) is 6.08 Å². The largest absolute Gasteiger partial charge is 0.494 e. The Balaban J connectivity index is 1.43. The summed E-state index contributed by atoms with van der Waals surface area (Å²) in [6.45, 7) is 2.32. The first kappa shape index (κ1) is 21.6. The number of benzene rings is 3. The van der Waals surface area contributed by atoms with E-state index in [0.717, 1.165) is 16.7 Å². The van der Waals surface area contributed by atoms with Crippen molar-refractivity contribution in [2.45, 2.75) is 13.5 Å². The van der Waals surface area contributed by atoms with E-state index < -0.39 is 0 Å². The average molecular weight is 449 g/mol. The van der Waals surface area contributed by atoms with E-state index in [1.165, 1.54) is 23.9 Å². The van der Waals surface area contributed by atoms with Gasteiger partial charge in [-0.05, 0) is 77.9 Å². The SMILES string of the molecule is COc1ccc(C)cc1N=C1NC(=O)/C(=C/c2ccc(OCc3ccc(F)cc3)cc2)S1. The molecule has 7 heteroatoms. The van der Waals surface area contributed by atoms with Crippen LogP contribution in [-0.4, -0.2) is 18.2 Å². The van der Waals surface area contributed by atoms with Crippen LogP contribution in [0.2, 0.25) is 0 Å². The highest BCUT2D eigenvalue weighted by atomic mass is 32.2. The van der Waals surface area contributed by atoms with E-state index >= 15 is 0 Å². The predicted molar refractivity (Wildman–Crippen MR) is 126 cm³/mol. The maximum atomic E-state index is 13.0. The summed E-state index contributed by atoms with van der Waals surface area (Å²) in [5.74, 6) is 0.864. The standard InChI is InChI=1S/C25H21FN2O3S/c1-16-3-12-22(30-2)21(13-16)27-25-28-24(29)23(32-25)14-17-6-10-20(11-7-17)31-15-18-4-8-19(26)9-5-18/h3-14H,15H2,1-2H3,(H,27,28,29)/b23-14-. The fraction of sp³-hybridized carbons (Fsp3) is 0.120. The second kappa shape index (κ2) is 9.70. The molecule has 4 rings (SSSR count). The van der Waals surface area contributed by atoms with Crippen LogP contribution < -0.4 is 14.8 Å². The Morgan fingerprint density at radius 2 is 1.81 bits per heavy atom. The molecule has 32 heavy (non-hydrogen) atoms. The van der Waals surface area contributed by atoms with Crippen LogP contribution in [0.1, 0.15) is 16.7 Å². The summed E-state index contributed by atoms with van der Waals surface area (Å²) in [5.41, 5.74) is 3.47. The molecule has 0 saturated carbocycles. The molecule has 162 valence electrons. The van der Waals surface area contributed by atoms with E-state index in [4.69, 9.17) is 9.47 Å². The lowest BCUT2D eigenvalue weighted by Crippen LogP contribution is -2.19. The van der Waals surface area contributed by atoms with Crippen molar-refractivity contribution in [3.8, 4) is 11.5 Å². The fourth-order valence-electron chi connectivity index (χ4n) is 3.04. The van der Waals surface area contributed by atoms with E-state index in [9.17, 15) is 9.18 Å². The van der Waals surface area contributed by atoms with Crippen molar-refractivity contribution in [1.29, 1.82) is 0 Å². The Morgan fingerprint density at radius 1 is 1.06 bits per heavy atom. The summed E-state index contributed by atoms with van der Waals surface area (Å²) >= 11 is 1.28. The predicted octanol–water partition coefficient (Wildman–Crippen LogP) is 5.61. The minimum atomic E-state index is -0.272. The summed E-state index contributed by atoms with van der Waals surface area (Å²) < 4.78 is 24.1. The van der Waals surface area contributed by atoms with Crippen LogP contribution in [-0.2, 0) is 11.4 Å². The molecule has 1 fully saturated rings. The summed E-state index contributed by atoms with van der Waals surface area (Å²) in [6.07, 6.45) is 1.81. The van der Waals surface area contributed by atoms with E-state index in [0.29, 0.717) is 33.9 Å². The van der Waals surface area contributed by atoms with Gasteiger partial charge in [-0.3, -0.25) is 4.79 Å². The number of nitrogens with zero attached hydrogens (tertiary/aromatic N) is 1. The molecule has 0 atom stereocenters. The number of carbonyl (C=O) groups is 1. The number of hydrogen-bond donors (Lipinski definition) is 1. The van der Waals surface area contributed by atoms with E-state index in [-0.39, 0.29) is 11.7 Å². The molecule has 0 aromatic heterocycles. The highest BCUT2D eigenvalue weighted by Crippen LogP contribution is 2.33. The van der Waals surface area contributed by atoms with Crippen molar-refractivity contribution >= 4 is 34.6 Å². The minimum Gasteiger partial charge on any atom is -0.494 e. The molecule has 5 nitrogen and oxygen atoms in total. The number of ether oxygens (including phenoxy) is 2. The summed E-state index contributed by atoms with van der Waals surface area (Å²) in [5, 5.41) is 3.30. The van der Waals surface area contributed by atoms with Crippen LogP contribution in [0.5, 0.6) is 11.5 Å². The molecule has 1 saturated heterocycles. The van der Waals surface area contributed by atoms with Gasteiger partial charge < -0.3 is 14.8 Å². The molecule has 1 N–H and O–H groups in total. The molecule has 0 aliphatic carbocycles. The first-order valence-corrected chi connectivity index (χ1v) is 10.7. The maximum Gasteiger partial charge on any atom is 0.264 e. The number of amidine groups is 1. The number of aliphatic imine (C=N–C) groups is 1. The van der Waals surface area contributed by atoms with Crippen molar-refractivity contribution in [1.82, 2.24) is 5.32 Å². The zero-order valence-electron chi connectivity index (χ0n) is 17.6. The topological polar surface area (TPSA) is 59.9 Å². The van der Waals surface area contributed by atoms with Crippen LogP contribution in [0.4, 0.5) is 10.1 Å². The van der Waals surface area contributed by atoms with Crippen LogP contribution in [0.3, 0.4) is 0 Å². The van der Waals surface area contributed by atoms with E-state index in [2.05, 4.69) is 10.3 Å². The summed E-state index contributed by atoms with van der Waals surface area (Å²) in [4.78, 5) is 17.5. The molecular formula is C25H21FN2O3S. The number of halogens is 1. The second-order valence-corrected chi connectivity index (χ2v) is 8.17. The number of thioether (sulfide) groups is 1. The van der Waals surface area contributed by atoms with Crippen LogP contribution in [0, 0.1) is 12.7 Å². The summed E-state index contributed by atoms with van der Waals surface area (Å²) in [7, 11) is 1.59. The molecule has 0 radical (unpaired) electrons. The third-order valence-corrected chi connectivity index (χ3v) is 5.61. The molecule has 1 amide bonds. The van der Waals surface area contributed by atoms with Gasteiger partial charge in [0.15, 0.2) is 5.17 Å². The molecule has 1 heterocycles. The zero-order valence-corrected chi connectivity index (χ0v) is 18.4. The molecule has 0 bridgehead atoms. The number of hydrogen-bond acceptors (Lipinski definition) is 5. The van der Waals surface area contributed by atoms with Crippen molar-refractivity contribution in [2.24, 2.45) is 4.99 Å². The Morgan fingerprint density at radius 3 is 2.53 bits per heavy atom. The quantitative estimate of drug-likeness (QED) is 0.498. The number of carbonyl (C=O) groups excluding carboxylic acids is 1. The van der Waals surface area contributed by atoms with Crippen molar-refractivity contribution in [2.75, 3.05) is 7.11 Å². The Hall–Kier alpha value is -3.58. The smallest absolute Gasteiger partial charge is 0.264 e. The van der Waals surface area contributed by atoms with E-state index in [1.54, 1.807) is 25.3 Å². The Kier molecular flexibility index (Phi) is 6.56. The lowest BCUT2D eigenvalue weighted by Gasteiger charge is -2.06. The Labute approximate surface area is 190 Å². The number of aryl methyl sites for hydroxylation is 1. The van der Waals surface area contributed by atoms with Gasteiger partial charge >= 0.3 is 0 Å². The number of methoxy groups -OCH3 is 1. The van der Waals surface area contributed by atoms with E-state index in [1.807, 2.05) is 49.4 Å². The summed E-state index contributed by atoms with van der Waals surface area (Å²) in [6, 6.07) is 19.3.